The maximum Gasteiger partial charge on any atom is 0.182 e. The minimum absolute atomic E-state index is 0.222. The standard InChI is InChI=1S/C23H24O4S2/c1-19-9-8-10-20(17-28(24,25)22-11-4-2-5-12-22)21(16-15-19)18-29(26,27)23-13-6-3-7-14-23/h2-7,9-14,16H,8,15,17-18H2,1H3/b19-9-,20-10-,21-16-. The quantitative estimate of drug-likeness (QED) is 0.634. The van der Waals surface area contributed by atoms with Crippen LogP contribution >= 0.6 is 0 Å². The van der Waals surface area contributed by atoms with Crippen molar-refractivity contribution >= 4 is 19.7 Å². The molecule has 29 heavy (non-hydrogen) atoms. The topological polar surface area (TPSA) is 68.3 Å². The normalized spacial score (nSPS) is 20.9. The molecule has 1 aliphatic rings. The van der Waals surface area contributed by atoms with E-state index in [-0.39, 0.29) is 21.3 Å². The average Bonchev–Trinajstić information content (AvgIpc) is 2.70. The molecule has 0 N–H and O–H groups in total. The smallest absolute Gasteiger partial charge is 0.182 e. The maximum absolute atomic E-state index is 12.9. The van der Waals surface area contributed by atoms with Gasteiger partial charge in [-0.2, -0.15) is 0 Å². The zero-order chi connectivity index (χ0) is 20.9. The highest BCUT2D eigenvalue weighted by Crippen LogP contribution is 2.25. The van der Waals surface area contributed by atoms with E-state index in [0.29, 0.717) is 24.0 Å². The molecule has 0 fully saturated rings. The van der Waals surface area contributed by atoms with E-state index < -0.39 is 19.7 Å². The van der Waals surface area contributed by atoms with Gasteiger partial charge in [-0.15, -0.1) is 0 Å². The molecular formula is C23H24O4S2. The van der Waals surface area contributed by atoms with Crippen LogP contribution in [0, 0.1) is 0 Å². The van der Waals surface area contributed by atoms with Gasteiger partial charge in [0.25, 0.3) is 0 Å². The van der Waals surface area contributed by atoms with Crippen LogP contribution < -0.4 is 0 Å². The SMILES string of the molecule is C/C1=C/C/C=C(CS(=O)(=O)c2ccccc2)\C(CS(=O)(=O)c2ccccc2)=C/C1. The molecule has 6 heteroatoms. The summed E-state index contributed by atoms with van der Waals surface area (Å²) in [5.41, 5.74) is 2.23. The van der Waals surface area contributed by atoms with Gasteiger partial charge in [-0.1, -0.05) is 60.2 Å². The van der Waals surface area contributed by atoms with Crippen LogP contribution in [0.2, 0.25) is 0 Å². The number of benzene rings is 2. The number of hydrogen-bond acceptors (Lipinski definition) is 4. The molecule has 2 aromatic carbocycles. The van der Waals surface area contributed by atoms with E-state index in [4.69, 9.17) is 0 Å². The van der Waals surface area contributed by atoms with Crippen molar-refractivity contribution in [3.05, 3.63) is 95.6 Å². The van der Waals surface area contributed by atoms with Gasteiger partial charge in [-0.05, 0) is 55.2 Å². The summed E-state index contributed by atoms with van der Waals surface area (Å²) in [7, 11) is -7.16. The van der Waals surface area contributed by atoms with E-state index >= 15 is 0 Å². The van der Waals surface area contributed by atoms with Gasteiger partial charge in [0.1, 0.15) is 0 Å². The van der Waals surface area contributed by atoms with Gasteiger partial charge in [0.15, 0.2) is 19.7 Å². The fraction of sp³-hybridized carbons (Fsp3) is 0.217. The summed E-state index contributed by atoms with van der Waals surface area (Å²) in [4.78, 5) is 0.473. The summed E-state index contributed by atoms with van der Waals surface area (Å²) >= 11 is 0. The lowest BCUT2D eigenvalue weighted by atomic mass is 10.0. The Kier molecular flexibility index (Phi) is 6.55. The van der Waals surface area contributed by atoms with Gasteiger partial charge in [0, 0.05) is 0 Å². The summed E-state index contributed by atoms with van der Waals surface area (Å²) < 4.78 is 51.7. The Morgan fingerprint density at radius 3 is 1.59 bits per heavy atom. The molecule has 0 aromatic heterocycles. The van der Waals surface area contributed by atoms with E-state index in [2.05, 4.69) is 0 Å². The molecule has 152 valence electrons. The van der Waals surface area contributed by atoms with Crippen molar-refractivity contribution < 1.29 is 16.8 Å². The first kappa shape index (κ1) is 21.3. The molecule has 3 rings (SSSR count). The highest BCUT2D eigenvalue weighted by atomic mass is 32.2. The number of allylic oxidation sites excluding steroid dienone is 4. The summed E-state index contributed by atoms with van der Waals surface area (Å²) in [6.07, 6.45) is 6.89. The van der Waals surface area contributed by atoms with Gasteiger partial charge in [0.05, 0.1) is 21.3 Å². The Bertz CT molecular complexity index is 1160. The molecule has 0 heterocycles. The van der Waals surface area contributed by atoms with Gasteiger partial charge < -0.3 is 0 Å². The van der Waals surface area contributed by atoms with Gasteiger partial charge in [-0.3, -0.25) is 0 Å². The Morgan fingerprint density at radius 1 is 0.655 bits per heavy atom. The molecule has 0 spiro atoms. The summed E-state index contributed by atoms with van der Waals surface area (Å²) in [5, 5.41) is 0. The second kappa shape index (κ2) is 8.93. The van der Waals surface area contributed by atoms with Crippen molar-refractivity contribution in [2.75, 3.05) is 11.5 Å². The lowest BCUT2D eigenvalue weighted by Crippen LogP contribution is -2.16. The van der Waals surface area contributed by atoms with E-state index in [9.17, 15) is 16.8 Å². The van der Waals surface area contributed by atoms with Crippen LogP contribution in [0.1, 0.15) is 19.8 Å². The molecule has 0 bridgehead atoms. The van der Waals surface area contributed by atoms with E-state index in [1.54, 1.807) is 60.7 Å². The first-order valence-corrected chi connectivity index (χ1v) is 12.7. The zero-order valence-corrected chi connectivity index (χ0v) is 17.9. The molecule has 0 unspecified atom stereocenters. The zero-order valence-electron chi connectivity index (χ0n) is 16.3. The van der Waals surface area contributed by atoms with Crippen molar-refractivity contribution in [2.24, 2.45) is 0 Å². The number of sulfone groups is 2. The third-order valence-electron chi connectivity index (χ3n) is 4.81. The first-order chi connectivity index (χ1) is 13.8. The van der Waals surface area contributed by atoms with Crippen molar-refractivity contribution in [3.8, 4) is 0 Å². The summed E-state index contributed by atoms with van der Waals surface area (Å²) in [5.74, 6) is -0.444. The van der Waals surface area contributed by atoms with Crippen molar-refractivity contribution in [1.29, 1.82) is 0 Å². The predicted octanol–water partition coefficient (Wildman–Crippen LogP) is 4.53. The van der Waals surface area contributed by atoms with Crippen LogP contribution in [0.3, 0.4) is 0 Å². The monoisotopic (exact) mass is 428 g/mol. The Balaban J connectivity index is 1.96. The molecule has 0 saturated heterocycles. The van der Waals surface area contributed by atoms with Gasteiger partial charge in [0.2, 0.25) is 0 Å². The van der Waals surface area contributed by atoms with Crippen molar-refractivity contribution in [1.82, 2.24) is 0 Å². The summed E-state index contributed by atoms with van der Waals surface area (Å²) in [6.45, 7) is 1.99. The molecular weight excluding hydrogens is 404 g/mol. The van der Waals surface area contributed by atoms with Gasteiger partial charge >= 0.3 is 0 Å². The van der Waals surface area contributed by atoms with Crippen molar-refractivity contribution in [3.63, 3.8) is 0 Å². The van der Waals surface area contributed by atoms with Crippen LogP contribution in [0.4, 0.5) is 0 Å². The third-order valence-corrected chi connectivity index (χ3v) is 8.17. The largest absolute Gasteiger partial charge is 0.223 e. The number of hydrogen-bond donors (Lipinski definition) is 0. The second-order valence-corrected chi connectivity index (χ2v) is 11.1. The van der Waals surface area contributed by atoms with Crippen LogP contribution in [0.5, 0.6) is 0 Å². The Labute approximate surface area is 173 Å². The predicted molar refractivity (Wildman–Crippen MR) is 116 cm³/mol. The lowest BCUT2D eigenvalue weighted by Gasteiger charge is -2.16. The molecule has 1 aliphatic carbocycles. The second-order valence-electron chi connectivity index (χ2n) is 7.09. The lowest BCUT2D eigenvalue weighted by molar-refractivity contribution is 0.595. The minimum atomic E-state index is -3.58. The van der Waals surface area contributed by atoms with Crippen LogP contribution in [0.15, 0.2) is 105 Å². The molecule has 0 radical (unpaired) electrons. The molecule has 0 saturated carbocycles. The van der Waals surface area contributed by atoms with E-state index in [1.165, 1.54) is 0 Å². The average molecular weight is 429 g/mol. The molecule has 2 aromatic rings. The molecule has 0 amide bonds. The fourth-order valence-corrected chi connectivity index (χ4v) is 6.07. The van der Waals surface area contributed by atoms with Crippen molar-refractivity contribution in [2.45, 2.75) is 29.6 Å². The molecule has 0 aliphatic heterocycles. The Hall–Kier alpha value is -2.44. The summed E-state index contributed by atoms with van der Waals surface area (Å²) in [6, 6.07) is 16.5. The van der Waals surface area contributed by atoms with E-state index in [1.807, 2.05) is 25.2 Å². The molecule has 4 nitrogen and oxygen atoms in total. The first-order valence-electron chi connectivity index (χ1n) is 9.38. The minimum Gasteiger partial charge on any atom is -0.223 e. The van der Waals surface area contributed by atoms with Gasteiger partial charge in [-0.25, -0.2) is 16.8 Å². The maximum atomic E-state index is 12.9. The van der Waals surface area contributed by atoms with E-state index in [0.717, 1.165) is 5.57 Å². The fourth-order valence-electron chi connectivity index (χ4n) is 3.17. The molecule has 0 atom stereocenters. The Morgan fingerprint density at radius 2 is 1.10 bits per heavy atom. The van der Waals surface area contributed by atoms with Crippen LogP contribution in [-0.4, -0.2) is 28.3 Å². The number of rotatable bonds is 6. The third kappa shape index (κ3) is 5.55. The van der Waals surface area contributed by atoms with Crippen LogP contribution in [-0.2, 0) is 19.7 Å². The highest BCUT2D eigenvalue weighted by molar-refractivity contribution is 7.92. The highest BCUT2D eigenvalue weighted by Gasteiger charge is 2.23. The van der Waals surface area contributed by atoms with Crippen LogP contribution in [0.25, 0.3) is 0 Å².